The van der Waals surface area contributed by atoms with Crippen LogP contribution in [0.15, 0.2) is 91.6 Å². The van der Waals surface area contributed by atoms with Crippen molar-refractivity contribution >= 4 is 28.7 Å². The maximum Gasteiger partial charge on any atom is 0.319 e. The highest BCUT2D eigenvalue weighted by atomic mass is 16.3. The molecule has 0 aliphatic carbocycles. The summed E-state index contributed by atoms with van der Waals surface area (Å²) in [6.45, 7) is 4.66. The van der Waals surface area contributed by atoms with E-state index in [1.807, 2.05) is 48.5 Å². The van der Waals surface area contributed by atoms with Crippen LogP contribution in [0, 0.1) is 0 Å². The number of aromatic hydroxyl groups is 1. The van der Waals surface area contributed by atoms with Gasteiger partial charge in [0.15, 0.2) is 0 Å². The zero-order valence-corrected chi connectivity index (χ0v) is 23.7. The number of nitrogens with zero attached hydrogens (tertiary/aromatic N) is 4. The Bertz CT molecular complexity index is 1640. The van der Waals surface area contributed by atoms with Gasteiger partial charge in [0.1, 0.15) is 18.0 Å². The molecule has 2 aliphatic rings. The Morgan fingerprint density at radius 3 is 2.60 bits per heavy atom. The molecule has 0 saturated carbocycles. The fourth-order valence-corrected chi connectivity index (χ4v) is 6.23. The van der Waals surface area contributed by atoms with Crippen LogP contribution in [0.2, 0.25) is 0 Å². The Kier molecular flexibility index (Phi) is 7.83. The zero-order valence-electron chi connectivity index (χ0n) is 23.7. The first-order valence-electron chi connectivity index (χ1n) is 14.4. The summed E-state index contributed by atoms with van der Waals surface area (Å²) >= 11 is 0. The first-order valence-corrected chi connectivity index (χ1v) is 14.4. The molecule has 1 aromatic heterocycles. The van der Waals surface area contributed by atoms with Crippen LogP contribution in [0.5, 0.6) is 5.75 Å². The summed E-state index contributed by atoms with van der Waals surface area (Å²) in [5.74, 6) is -0.245. The molecule has 3 aromatic carbocycles. The number of aromatic amines is 1. The lowest BCUT2D eigenvalue weighted by Gasteiger charge is -2.54. The summed E-state index contributed by atoms with van der Waals surface area (Å²) in [5, 5.41) is 21.0. The monoisotopic (exact) mass is 578 g/mol. The van der Waals surface area contributed by atoms with Gasteiger partial charge in [0.2, 0.25) is 11.8 Å². The number of H-pyrrole nitrogens is 1. The molecule has 220 valence electrons. The number of phenols is 1. The fraction of sp³-hybridized carbons (Fsp3) is 0.273. The van der Waals surface area contributed by atoms with Crippen molar-refractivity contribution < 1.29 is 19.5 Å². The Morgan fingerprint density at radius 1 is 1.05 bits per heavy atom. The number of piperazine rings is 1. The predicted octanol–water partition coefficient (Wildman–Crippen LogP) is 3.94. The second kappa shape index (κ2) is 12.0. The van der Waals surface area contributed by atoms with E-state index in [-0.39, 0.29) is 49.5 Å². The predicted molar refractivity (Wildman–Crippen MR) is 161 cm³/mol. The van der Waals surface area contributed by atoms with E-state index >= 15 is 0 Å². The molecule has 6 rings (SSSR count). The third-order valence-electron chi connectivity index (χ3n) is 8.30. The van der Waals surface area contributed by atoms with E-state index in [1.165, 1.54) is 0 Å². The lowest BCUT2D eigenvalue weighted by molar-refractivity contribution is -0.170. The molecule has 0 unspecified atom stereocenters. The maximum atomic E-state index is 14.2. The number of hydrogen-bond donors (Lipinski definition) is 3. The molecule has 2 fully saturated rings. The van der Waals surface area contributed by atoms with Crippen molar-refractivity contribution in [3.05, 3.63) is 108 Å². The number of amides is 4. The van der Waals surface area contributed by atoms with Gasteiger partial charge >= 0.3 is 6.03 Å². The van der Waals surface area contributed by atoms with Gasteiger partial charge in [-0.2, -0.15) is 5.10 Å². The molecule has 10 heteroatoms. The third kappa shape index (κ3) is 5.68. The van der Waals surface area contributed by atoms with Crippen molar-refractivity contribution in [3.8, 4) is 5.75 Å². The van der Waals surface area contributed by atoms with Crippen LogP contribution in [0.4, 0.5) is 4.79 Å². The summed E-state index contributed by atoms with van der Waals surface area (Å²) in [6, 6.07) is 20.6. The molecule has 2 aliphatic heterocycles. The van der Waals surface area contributed by atoms with E-state index < -0.39 is 18.2 Å². The minimum Gasteiger partial charge on any atom is -0.508 e. The smallest absolute Gasteiger partial charge is 0.319 e. The van der Waals surface area contributed by atoms with Crippen molar-refractivity contribution in [1.29, 1.82) is 0 Å². The fourth-order valence-electron chi connectivity index (χ4n) is 6.23. The third-order valence-corrected chi connectivity index (χ3v) is 8.30. The number of hydrogen-bond acceptors (Lipinski definition) is 5. The molecule has 4 aromatic rings. The van der Waals surface area contributed by atoms with Gasteiger partial charge in [0, 0.05) is 37.4 Å². The number of urea groups is 1. The standard InChI is InChI=1S/C33H34N6O4/c1-2-7-26-17-30(41)39-28(16-22-12-14-27(40)15-13-22)32(42)37(20-25-11-6-10-24-19-35-36-31(24)25)21-29(39)38(26)33(43)34-18-23-8-4-3-5-9-23/h2-6,8-15,19,26,28-29,40H,1,7,16-18,20-21H2,(H,34,43)(H,35,36)/t26-,28+,29-/m1/s1. The second-order valence-electron chi connectivity index (χ2n) is 11.1. The molecule has 3 N–H and O–H groups in total. The van der Waals surface area contributed by atoms with Crippen molar-refractivity contribution in [1.82, 2.24) is 30.2 Å². The average molecular weight is 579 g/mol. The van der Waals surface area contributed by atoms with E-state index in [1.54, 1.807) is 51.2 Å². The van der Waals surface area contributed by atoms with Crippen LogP contribution in [0.3, 0.4) is 0 Å². The highest BCUT2D eigenvalue weighted by Gasteiger charge is 2.51. The molecule has 43 heavy (non-hydrogen) atoms. The van der Waals surface area contributed by atoms with Gasteiger partial charge in [-0.05, 0) is 35.2 Å². The van der Waals surface area contributed by atoms with Gasteiger partial charge in [-0.3, -0.25) is 19.6 Å². The largest absolute Gasteiger partial charge is 0.508 e. The minimum absolute atomic E-state index is 0.0914. The van der Waals surface area contributed by atoms with Crippen LogP contribution in [0.25, 0.3) is 10.9 Å². The summed E-state index contributed by atoms with van der Waals surface area (Å²) in [6.07, 6.45) is 3.57. The summed E-state index contributed by atoms with van der Waals surface area (Å²) < 4.78 is 0. The Balaban J connectivity index is 1.36. The number of rotatable bonds is 8. The number of para-hydroxylation sites is 1. The summed E-state index contributed by atoms with van der Waals surface area (Å²) in [4.78, 5) is 46.9. The van der Waals surface area contributed by atoms with Gasteiger partial charge in [-0.25, -0.2) is 4.79 Å². The zero-order chi connectivity index (χ0) is 29.9. The molecule has 4 amide bonds. The first kappa shape index (κ1) is 28.0. The minimum atomic E-state index is -0.828. The highest BCUT2D eigenvalue weighted by Crippen LogP contribution is 2.33. The van der Waals surface area contributed by atoms with Crippen molar-refractivity contribution in [2.45, 2.75) is 50.6 Å². The van der Waals surface area contributed by atoms with E-state index in [9.17, 15) is 19.5 Å². The van der Waals surface area contributed by atoms with Crippen LogP contribution in [-0.4, -0.2) is 72.6 Å². The molecule has 0 radical (unpaired) electrons. The topological polar surface area (TPSA) is 122 Å². The van der Waals surface area contributed by atoms with Crippen molar-refractivity contribution in [3.63, 3.8) is 0 Å². The number of phenolic OH excluding ortho intramolecular Hbond substituents is 1. The van der Waals surface area contributed by atoms with Gasteiger partial charge in [-0.1, -0.05) is 66.7 Å². The highest BCUT2D eigenvalue weighted by molar-refractivity contribution is 5.92. The number of nitrogens with one attached hydrogen (secondary N) is 2. The molecule has 3 heterocycles. The molecular formula is C33H34N6O4. The van der Waals surface area contributed by atoms with Crippen molar-refractivity contribution in [2.24, 2.45) is 0 Å². The molecule has 0 bridgehead atoms. The average Bonchev–Trinajstić information content (AvgIpc) is 3.50. The quantitative estimate of drug-likeness (QED) is 0.274. The van der Waals surface area contributed by atoms with Crippen LogP contribution >= 0.6 is 0 Å². The maximum absolute atomic E-state index is 14.2. The summed E-state index contributed by atoms with van der Waals surface area (Å²) in [7, 11) is 0. The number of fused-ring (bicyclic) bond motifs is 2. The van der Waals surface area contributed by atoms with E-state index in [0.717, 1.165) is 27.6 Å². The van der Waals surface area contributed by atoms with Crippen LogP contribution < -0.4 is 5.32 Å². The molecule has 10 nitrogen and oxygen atoms in total. The van der Waals surface area contributed by atoms with Gasteiger partial charge in [0.25, 0.3) is 0 Å². The Labute approximate surface area is 249 Å². The number of aromatic nitrogens is 2. The molecular weight excluding hydrogens is 544 g/mol. The lowest BCUT2D eigenvalue weighted by Crippen LogP contribution is -2.74. The number of benzene rings is 3. The van der Waals surface area contributed by atoms with E-state index in [0.29, 0.717) is 13.0 Å². The Hall–Kier alpha value is -5.12. The van der Waals surface area contributed by atoms with Crippen molar-refractivity contribution in [2.75, 3.05) is 6.54 Å². The van der Waals surface area contributed by atoms with Gasteiger partial charge in [0.05, 0.1) is 18.3 Å². The Morgan fingerprint density at radius 2 is 1.84 bits per heavy atom. The lowest BCUT2D eigenvalue weighted by atomic mass is 9.93. The number of carbonyl (C=O) groups is 3. The summed E-state index contributed by atoms with van der Waals surface area (Å²) in [5.41, 5.74) is 3.49. The number of carbonyl (C=O) groups excluding carboxylic acids is 3. The molecule has 3 atom stereocenters. The van der Waals surface area contributed by atoms with E-state index in [2.05, 4.69) is 22.1 Å². The van der Waals surface area contributed by atoms with Gasteiger partial charge in [-0.15, -0.1) is 6.58 Å². The second-order valence-corrected chi connectivity index (χ2v) is 11.1. The molecule has 0 spiro atoms. The SMILES string of the molecule is C=CC[C@@H]1CC(=O)N2[C@H](CN(Cc3cccc4cn[nH]c34)C(=O)[C@@H]2Cc2ccc(O)cc2)N1C(=O)NCc1ccccc1. The molecule has 2 saturated heterocycles. The van der Waals surface area contributed by atoms with Crippen LogP contribution in [-0.2, 0) is 29.1 Å². The normalized spacial score (nSPS) is 20.3. The van der Waals surface area contributed by atoms with Gasteiger partial charge < -0.3 is 20.2 Å². The van der Waals surface area contributed by atoms with Crippen LogP contribution in [0.1, 0.15) is 29.5 Å². The first-order chi connectivity index (χ1) is 20.9. The van der Waals surface area contributed by atoms with E-state index in [4.69, 9.17) is 0 Å².